The summed E-state index contributed by atoms with van der Waals surface area (Å²) in [6.07, 6.45) is 0. The quantitative estimate of drug-likeness (QED) is 0.816. The Labute approximate surface area is 117 Å². The third-order valence-corrected chi connectivity index (χ3v) is 5.27. The van der Waals surface area contributed by atoms with E-state index in [1.807, 2.05) is 18.2 Å². The van der Waals surface area contributed by atoms with Crippen molar-refractivity contribution in [1.82, 2.24) is 4.31 Å². The molecule has 0 bridgehead atoms. The Morgan fingerprint density at radius 3 is 2.47 bits per heavy atom. The van der Waals surface area contributed by atoms with Gasteiger partial charge in [0.1, 0.15) is 0 Å². The van der Waals surface area contributed by atoms with E-state index in [0.29, 0.717) is 16.5 Å². The lowest BCUT2D eigenvalue weighted by atomic mass is 10.2. The molecule has 2 aromatic carbocycles. The third-order valence-electron chi connectivity index (χ3n) is 3.15. The maximum absolute atomic E-state index is 12.4. The van der Waals surface area contributed by atoms with Gasteiger partial charge < -0.3 is 0 Å². The molecule has 1 aliphatic heterocycles. The first-order valence-corrected chi connectivity index (χ1v) is 7.73. The molecule has 5 heteroatoms. The number of halogens is 1. The van der Waals surface area contributed by atoms with Crippen LogP contribution in [0.2, 0.25) is 5.02 Å². The summed E-state index contributed by atoms with van der Waals surface area (Å²) in [6.45, 7) is 0.511. The zero-order valence-electron chi connectivity index (χ0n) is 10.0. The molecule has 2 unspecified atom stereocenters. The van der Waals surface area contributed by atoms with Crippen LogP contribution < -0.4 is 0 Å². The second kappa shape index (κ2) is 4.63. The first-order valence-electron chi connectivity index (χ1n) is 5.91. The summed E-state index contributed by atoms with van der Waals surface area (Å²) in [5, 5.41) is 0.626. The van der Waals surface area contributed by atoms with Gasteiger partial charge in [-0.1, -0.05) is 41.9 Å². The zero-order chi connectivity index (χ0) is 13.5. The van der Waals surface area contributed by atoms with Gasteiger partial charge >= 0.3 is 0 Å². The third kappa shape index (κ3) is 2.39. The fourth-order valence-corrected chi connectivity index (χ4v) is 3.87. The van der Waals surface area contributed by atoms with E-state index in [1.165, 1.54) is 4.31 Å². The molecule has 1 fully saturated rings. The zero-order valence-corrected chi connectivity index (χ0v) is 11.6. The summed E-state index contributed by atoms with van der Waals surface area (Å²) < 4.78 is 26.2. The predicted octanol–water partition coefficient (Wildman–Crippen LogP) is 3.09. The number of hydrogen-bond acceptors (Lipinski definition) is 2. The summed E-state index contributed by atoms with van der Waals surface area (Å²) in [5.74, 6) is 0. The van der Waals surface area contributed by atoms with Crippen LogP contribution in [0.25, 0.3) is 0 Å². The minimum absolute atomic E-state index is 0.0936. The van der Waals surface area contributed by atoms with Crippen molar-refractivity contribution in [3.63, 3.8) is 0 Å². The molecule has 1 heterocycles. The van der Waals surface area contributed by atoms with Gasteiger partial charge in [0.2, 0.25) is 10.0 Å². The van der Waals surface area contributed by atoms with Crippen LogP contribution in [-0.4, -0.2) is 19.3 Å². The average Bonchev–Trinajstić information content (AvgIpc) is 3.21. The van der Waals surface area contributed by atoms with Crippen LogP contribution >= 0.6 is 11.6 Å². The highest BCUT2D eigenvalue weighted by Gasteiger charge is 2.45. The molecule has 98 valence electrons. The number of benzene rings is 2. The standard InChI is InChI=1S/C14H12ClNO2S/c15-12-6-4-5-11(9-12)14-10-16(14)19(17,18)13-7-2-1-3-8-13/h1-9,14H,10H2. The van der Waals surface area contributed by atoms with Crippen LogP contribution in [-0.2, 0) is 10.0 Å². The van der Waals surface area contributed by atoms with Gasteiger partial charge in [-0.15, -0.1) is 0 Å². The van der Waals surface area contributed by atoms with Crippen LogP contribution in [0.4, 0.5) is 0 Å². The van der Waals surface area contributed by atoms with Crippen molar-refractivity contribution < 1.29 is 8.42 Å². The van der Waals surface area contributed by atoms with Crippen LogP contribution in [0.1, 0.15) is 11.6 Å². The SMILES string of the molecule is O=S(=O)(c1ccccc1)N1CC1c1cccc(Cl)c1. The molecular formula is C14H12ClNO2S. The Kier molecular flexibility index (Phi) is 3.09. The Balaban J connectivity index is 1.87. The van der Waals surface area contributed by atoms with Crippen LogP contribution in [0.3, 0.4) is 0 Å². The van der Waals surface area contributed by atoms with E-state index in [0.717, 1.165) is 5.56 Å². The Morgan fingerprint density at radius 1 is 1.05 bits per heavy atom. The molecule has 0 aromatic heterocycles. The number of nitrogens with zero attached hydrogens (tertiary/aromatic N) is 1. The van der Waals surface area contributed by atoms with Crippen molar-refractivity contribution in [2.24, 2.45) is 0 Å². The van der Waals surface area contributed by atoms with Crippen molar-refractivity contribution in [2.75, 3.05) is 6.54 Å². The van der Waals surface area contributed by atoms with Crippen molar-refractivity contribution in [3.8, 4) is 0 Å². The van der Waals surface area contributed by atoms with Gasteiger partial charge in [-0.2, -0.15) is 4.31 Å². The van der Waals surface area contributed by atoms with Crippen molar-refractivity contribution >= 4 is 21.6 Å². The van der Waals surface area contributed by atoms with Gasteiger partial charge in [0.25, 0.3) is 0 Å². The molecule has 0 radical (unpaired) electrons. The summed E-state index contributed by atoms with van der Waals surface area (Å²) in [4.78, 5) is 0.333. The fourth-order valence-electron chi connectivity index (χ4n) is 2.10. The maximum Gasteiger partial charge on any atom is 0.243 e. The molecule has 2 atom stereocenters. The van der Waals surface area contributed by atoms with Gasteiger partial charge in [0.15, 0.2) is 0 Å². The Hall–Kier alpha value is -1.36. The highest BCUT2D eigenvalue weighted by Crippen LogP contribution is 2.40. The topological polar surface area (TPSA) is 37.1 Å². The van der Waals surface area contributed by atoms with E-state index >= 15 is 0 Å². The molecule has 0 amide bonds. The molecular weight excluding hydrogens is 282 g/mol. The van der Waals surface area contributed by atoms with Crippen molar-refractivity contribution in [2.45, 2.75) is 10.9 Å². The van der Waals surface area contributed by atoms with Gasteiger partial charge in [-0.3, -0.25) is 0 Å². The Morgan fingerprint density at radius 2 is 1.79 bits per heavy atom. The first kappa shape index (κ1) is 12.7. The van der Waals surface area contributed by atoms with Crippen molar-refractivity contribution in [3.05, 3.63) is 65.2 Å². The molecule has 0 aliphatic carbocycles. The Bertz CT molecular complexity index is 700. The monoisotopic (exact) mass is 293 g/mol. The minimum Gasteiger partial charge on any atom is -0.207 e. The van der Waals surface area contributed by atoms with E-state index < -0.39 is 10.0 Å². The predicted molar refractivity (Wildman–Crippen MR) is 74.5 cm³/mol. The fraction of sp³-hybridized carbons (Fsp3) is 0.143. The van der Waals surface area contributed by atoms with Gasteiger partial charge in [0, 0.05) is 11.6 Å². The number of rotatable bonds is 3. The summed E-state index contributed by atoms with van der Waals surface area (Å²) >= 11 is 5.93. The lowest BCUT2D eigenvalue weighted by molar-refractivity contribution is 0.554. The highest BCUT2D eigenvalue weighted by atomic mass is 35.5. The molecule has 2 aromatic rings. The molecule has 19 heavy (non-hydrogen) atoms. The van der Waals surface area contributed by atoms with E-state index in [9.17, 15) is 8.42 Å². The van der Waals surface area contributed by atoms with Gasteiger partial charge in [-0.25, -0.2) is 8.42 Å². The minimum atomic E-state index is -3.39. The number of sulfonamides is 1. The summed E-state index contributed by atoms with van der Waals surface area (Å²) in [5.41, 5.74) is 0.937. The second-order valence-electron chi connectivity index (χ2n) is 4.46. The smallest absolute Gasteiger partial charge is 0.207 e. The normalized spacial score (nSPS) is 22.2. The highest BCUT2D eigenvalue weighted by molar-refractivity contribution is 7.89. The second-order valence-corrected chi connectivity index (χ2v) is 6.79. The number of hydrogen-bond donors (Lipinski definition) is 0. The lowest BCUT2D eigenvalue weighted by Gasteiger charge is -2.06. The molecule has 1 aliphatic rings. The van der Waals surface area contributed by atoms with E-state index in [4.69, 9.17) is 11.6 Å². The largest absolute Gasteiger partial charge is 0.243 e. The van der Waals surface area contributed by atoms with Crippen LogP contribution in [0.5, 0.6) is 0 Å². The molecule has 3 rings (SSSR count). The molecule has 0 saturated carbocycles. The maximum atomic E-state index is 12.4. The average molecular weight is 294 g/mol. The van der Waals surface area contributed by atoms with Gasteiger partial charge in [0.05, 0.1) is 10.9 Å². The molecule has 0 N–H and O–H groups in total. The van der Waals surface area contributed by atoms with Crippen LogP contribution in [0, 0.1) is 0 Å². The summed E-state index contributed by atoms with van der Waals surface area (Å²) in [7, 11) is -3.39. The summed E-state index contributed by atoms with van der Waals surface area (Å²) in [6, 6.07) is 15.7. The van der Waals surface area contributed by atoms with E-state index in [-0.39, 0.29) is 6.04 Å². The van der Waals surface area contributed by atoms with Gasteiger partial charge in [-0.05, 0) is 29.8 Å². The van der Waals surface area contributed by atoms with Crippen LogP contribution in [0.15, 0.2) is 59.5 Å². The van der Waals surface area contributed by atoms with E-state index in [1.54, 1.807) is 36.4 Å². The van der Waals surface area contributed by atoms with Crippen molar-refractivity contribution in [1.29, 1.82) is 0 Å². The molecule has 3 nitrogen and oxygen atoms in total. The first-order chi connectivity index (χ1) is 9.09. The van der Waals surface area contributed by atoms with E-state index in [2.05, 4.69) is 0 Å². The molecule has 1 saturated heterocycles. The molecule has 0 spiro atoms. The lowest BCUT2D eigenvalue weighted by Crippen LogP contribution is -2.12.